The van der Waals surface area contributed by atoms with Crippen molar-refractivity contribution in [3.63, 3.8) is 0 Å². The maximum Gasteiger partial charge on any atom is 0.225 e. The van der Waals surface area contributed by atoms with Crippen LogP contribution in [0.15, 0.2) is 36.4 Å². The van der Waals surface area contributed by atoms with Gasteiger partial charge < -0.3 is 14.8 Å². The van der Waals surface area contributed by atoms with Crippen molar-refractivity contribution in [3.8, 4) is 11.5 Å². The maximum absolute atomic E-state index is 12.0. The van der Waals surface area contributed by atoms with Crippen LogP contribution in [0.25, 0.3) is 0 Å². The van der Waals surface area contributed by atoms with Crippen LogP contribution in [0, 0.1) is 0 Å². The second-order valence-electron chi connectivity index (χ2n) is 5.12. The Morgan fingerprint density at radius 1 is 1.09 bits per heavy atom. The van der Waals surface area contributed by atoms with Gasteiger partial charge in [0, 0.05) is 29.1 Å². The molecule has 1 unspecified atom stereocenters. The molecule has 2 aromatic rings. The SMILES string of the molecule is COc1cc2c(cc1OC)C(c1ccccc1Cl)CC(=O)N2. The number of anilines is 1. The highest BCUT2D eigenvalue weighted by Gasteiger charge is 2.29. The maximum atomic E-state index is 12.0. The van der Waals surface area contributed by atoms with E-state index in [0.29, 0.717) is 22.9 Å². The first-order valence-electron chi connectivity index (χ1n) is 6.94. The van der Waals surface area contributed by atoms with Crippen molar-refractivity contribution in [1.29, 1.82) is 0 Å². The summed E-state index contributed by atoms with van der Waals surface area (Å²) in [6.45, 7) is 0. The molecule has 0 spiro atoms. The molecule has 0 saturated heterocycles. The van der Waals surface area contributed by atoms with Crippen LogP contribution in [-0.2, 0) is 4.79 Å². The molecule has 0 aliphatic carbocycles. The molecule has 1 heterocycles. The standard InChI is InChI=1S/C17H16ClNO3/c1-21-15-7-12-11(10-5-3-4-6-13(10)18)8-17(20)19-14(12)9-16(15)22-2/h3-7,9,11H,8H2,1-2H3,(H,19,20). The van der Waals surface area contributed by atoms with E-state index in [1.54, 1.807) is 20.3 Å². The van der Waals surface area contributed by atoms with E-state index in [-0.39, 0.29) is 11.8 Å². The molecule has 5 heteroatoms. The third-order valence-corrected chi connectivity index (χ3v) is 4.22. The zero-order chi connectivity index (χ0) is 15.7. The topological polar surface area (TPSA) is 47.6 Å². The Morgan fingerprint density at radius 3 is 2.45 bits per heavy atom. The Hall–Kier alpha value is -2.20. The molecular formula is C17H16ClNO3. The van der Waals surface area contributed by atoms with Gasteiger partial charge in [0.05, 0.1) is 14.2 Å². The minimum Gasteiger partial charge on any atom is -0.493 e. The fraction of sp³-hybridized carbons (Fsp3) is 0.235. The molecule has 0 saturated carbocycles. The van der Waals surface area contributed by atoms with Crippen molar-refractivity contribution in [2.75, 3.05) is 19.5 Å². The third-order valence-electron chi connectivity index (χ3n) is 3.88. The smallest absolute Gasteiger partial charge is 0.225 e. The molecule has 1 N–H and O–H groups in total. The Bertz CT molecular complexity index is 730. The first kappa shape index (κ1) is 14.7. The fourth-order valence-electron chi connectivity index (χ4n) is 2.82. The van der Waals surface area contributed by atoms with Crippen LogP contribution in [0.4, 0.5) is 5.69 Å². The van der Waals surface area contributed by atoms with Crippen LogP contribution in [0.3, 0.4) is 0 Å². The average Bonchev–Trinajstić information content (AvgIpc) is 2.53. The second kappa shape index (κ2) is 5.89. The van der Waals surface area contributed by atoms with Crippen molar-refractivity contribution in [2.24, 2.45) is 0 Å². The highest BCUT2D eigenvalue weighted by atomic mass is 35.5. The minimum atomic E-state index is -0.0998. The summed E-state index contributed by atoms with van der Waals surface area (Å²) in [5.41, 5.74) is 2.65. The van der Waals surface area contributed by atoms with E-state index in [0.717, 1.165) is 16.8 Å². The first-order chi connectivity index (χ1) is 10.6. The Balaban J connectivity index is 2.16. The molecule has 0 fully saturated rings. The van der Waals surface area contributed by atoms with Crippen LogP contribution in [-0.4, -0.2) is 20.1 Å². The summed E-state index contributed by atoms with van der Waals surface area (Å²) in [5, 5.41) is 3.54. The lowest BCUT2D eigenvalue weighted by Crippen LogP contribution is -2.23. The molecule has 1 atom stereocenters. The van der Waals surface area contributed by atoms with Crippen LogP contribution < -0.4 is 14.8 Å². The number of hydrogen-bond acceptors (Lipinski definition) is 3. The van der Waals surface area contributed by atoms with Crippen molar-refractivity contribution in [3.05, 3.63) is 52.5 Å². The lowest BCUT2D eigenvalue weighted by atomic mass is 9.84. The molecular weight excluding hydrogens is 302 g/mol. The molecule has 1 amide bonds. The summed E-state index contributed by atoms with van der Waals surface area (Å²) in [6.07, 6.45) is 0.353. The van der Waals surface area contributed by atoms with Gasteiger partial charge in [-0.1, -0.05) is 29.8 Å². The normalized spacial score (nSPS) is 16.7. The summed E-state index contributed by atoms with van der Waals surface area (Å²) in [5.74, 6) is 1.08. The highest BCUT2D eigenvalue weighted by molar-refractivity contribution is 6.31. The van der Waals surface area contributed by atoms with Gasteiger partial charge >= 0.3 is 0 Å². The van der Waals surface area contributed by atoms with Crippen LogP contribution in [0.1, 0.15) is 23.5 Å². The van der Waals surface area contributed by atoms with E-state index in [1.807, 2.05) is 30.3 Å². The van der Waals surface area contributed by atoms with E-state index in [2.05, 4.69) is 5.32 Å². The van der Waals surface area contributed by atoms with Crippen molar-refractivity contribution < 1.29 is 14.3 Å². The van der Waals surface area contributed by atoms with Gasteiger partial charge in [-0.3, -0.25) is 4.79 Å². The number of rotatable bonds is 3. The molecule has 2 aromatic carbocycles. The average molecular weight is 318 g/mol. The summed E-state index contributed by atoms with van der Waals surface area (Å²) in [4.78, 5) is 12.0. The van der Waals surface area contributed by atoms with E-state index in [9.17, 15) is 4.79 Å². The summed E-state index contributed by atoms with van der Waals surface area (Å²) >= 11 is 6.32. The van der Waals surface area contributed by atoms with Gasteiger partial charge in [-0.25, -0.2) is 0 Å². The molecule has 1 aliphatic rings. The van der Waals surface area contributed by atoms with Gasteiger partial charge in [-0.05, 0) is 23.3 Å². The number of methoxy groups -OCH3 is 2. The molecule has 22 heavy (non-hydrogen) atoms. The van der Waals surface area contributed by atoms with Crippen molar-refractivity contribution in [2.45, 2.75) is 12.3 Å². The molecule has 0 bridgehead atoms. The third kappa shape index (κ3) is 2.50. The summed E-state index contributed by atoms with van der Waals surface area (Å²) in [6, 6.07) is 11.3. The van der Waals surface area contributed by atoms with Gasteiger partial charge in [0.1, 0.15) is 0 Å². The van der Waals surface area contributed by atoms with E-state index < -0.39 is 0 Å². The molecule has 1 aliphatic heterocycles. The number of nitrogens with one attached hydrogen (secondary N) is 1. The lowest BCUT2D eigenvalue weighted by molar-refractivity contribution is -0.116. The van der Waals surface area contributed by atoms with Crippen molar-refractivity contribution in [1.82, 2.24) is 0 Å². The fourth-order valence-corrected chi connectivity index (χ4v) is 3.09. The van der Waals surface area contributed by atoms with E-state index in [4.69, 9.17) is 21.1 Å². The Kier molecular flexibility index (Phi) is 3.94. The number of halogens is 1. The van der Waals surface area contributed by atoms with Crippen molar-refractivity contribution >= 4 is 23.2 Å². The van der Waals surface area contributed by atoms with Gasteiger partial charge in [0.25, 0.3) is 0 Å². The zero-order valence-corrected chi connectivity index (χ0v) is 13.1. The van der Waals surface area contributed by atoms with Gasteiger partial charge in [0.2, 0.25) is 5.91 Å². The Labute approximate surface area is 134 Å². The van der Waals surface area contributed by atoms with E-state index in [1.165, 1.54) is 0 Å². The number of ether oxygens (including phenoxy) is 2. The summed E-state index contributed by atoms with van der Waals surface area (Å²) in [7, 11) is 3.16. The molecule has 0 aromatic heterocycles. The second-order valence-corrected chi connectivity index (χ2v) is 5.53. The molecule has 0 radical (unpaired) electrons. The van der Waals surface area contributed by atoms with Crippen LogP contribution in [0.2, 0.25) is 5.02 Å². The number of benzene rings is 2. The van der Waals surface area contributed by atoms with Crippen LogP contribution >= 0.6 is 11.6 Å². The van der Waals surface area contributed by atoms with Gasteiger partial charge in [-0.15, -0.1) is 0 Å². The molecule has 114 valence electrons. The number of carbonyl (C=O) groups excluding carboxylic acids is 1. The minimum absolute atomic E-state index is 0.0374. The lowest BCUT2D eigenvalue weighted by Gasteiger charge is -2.27. The number of carbonyl (C=O) groups is 1. The predicted molar refractivity (Wildman–Crippen MR) is 86.1 cm³/mol. The van der Waals surface area contributed by atoms with E-state index >= 15 is 0 Å². The number of fused-ring (bicyclic) bond motifs is 1. The predicted octanol–water partition coefficient (Wildman–Crippen LogP) is 3.83. The highest BCUT2D eigenvalue weighted by Crippen LogP contribution is 2.44. The zero-order valence-electron chi connectivity index (χ0n) is 12.4. The monoisotopic (exact) mass is 317 g/mol. The quantitative estimate of drug-likeness (QED) is 0.936. The van der Waals surface area contributed by atoms with Crippen LogP contribution in [0.5, 0.6) is 11.5 Å². The van der Waals surface area contributed by atoms with Gasteiger partial charge in [-0.2, -0.15) is 0 Å². The molecule has 3 rings (SSSR count). The summed E-state index contributed by atoms with van der Waals surface area (Å²) < 4.78 is 10.7. The Morgan fingerprint density at radius 2 is 1.77 bits per heavy atom. The molecule has 4 nitrogen and oxygen atoms in total. The number of hydrogen-bond donors (Lipinski definition) is 1. The first-order valence-corrected chi connectivity index (χ1v) is 7.32. The van der Waals surface area contributed by atoms with Gasteiger partial charge in [0.15, 0.2) is 11.5 Å². The number of amides is 1. The largest absolute Gasteiger partial charge is 0.493 e.